The van der Waals surface area contributed by atoms with E-state index in [9.17, 15) is 4.79 Å². The van der Waals surface area contributed by atoms with E-state index in [1.54, 1.807) is 12.1 Å². The molecule has 0 spiro atoms. The average Bonchev–Trinajstić information content (AvgIpc) is 2.97. The van der Waals surface area contributed by atoms with Crippen LogP contribution >= 0.6 is 11.6 Å². The van der Waals surface area contributed by atoms with Gasteiger partial charge >= 0.3 is 0 Å². The van der Waals surface area contributed by atoms with Gasteiger partial charge in [0.1, 0.15) is 5.69 Å². The number of carbonyl (C=O) groups excluding carboxylic acids is 1. The first-order valence-electron chi connectivity index (χ1n) is 6.77. The largest absolute Gasteiger partial charge is 0.350 e. The summed E-state index contributed by atoms with van der Waals surface area (Å²) in [6, 6.07) is 9.06. The molecule has 20 heavy (non-hydrogen) atoms. The maximum Gasteiger partial charge on any atom is 0.269 e. The zero-order valence-electron chi connectivity index (χ0n) is 11.0. The van der Waals surface area contributed by atoms with Crippen LogP contribution in [-0.4, -0.2) is 30.5 Å². The number of halogens is 1. The highest BCUT2D eigenvalue weighted by Crippen LogP contribution is 2.18. The molecule has 2 aromatic rings. The molecule has 0 saturated carbocycles. The van der Waals surface area contributed by atoms with Gasteiger partial charge < -0.3 is 10.6 Å². The van der Waals surface area contributed by atoms with E-state index in [0.29, 0.717) is 23.2 Å². The van der Waals surface area contributed by atoms with Crippen molar-refractivity contribution in [3.05, 3.63) is 41.0 Å². The predicted molar refractivity (Wildman–Crippen MR) is 80.1 cm³/mol. The summed E-state index contributed by atoms with van der Waals surface area (Å²) in [6.45, 7) is 2.71. The summed E-state index contributed by atoms with van der Waals surface area (Å²) in [5.41, 5.74) is 1.23. The quantitative estimate of drug-likeness (QED) is 0.911. The molecule has 1 aliphatic heterocycles. The molecule has 1 aliphatic rings. The Balaban J connectivity index is 1.72. The van der Waals surface area contributed by atoms with E-state index in [-0.39, 0.29) is 5.91 Å². The summed E-state index contributed by atoms with van der Waals surface area (Å²) in [5.74, 6) is 0.409. The van der Waals surface area contributed by atoms with Gasteiger partial charge in [-0.1, -0.05) is 17.7 Å². The molecule has 1 atom stereocenters. The van der Waals surface area contributed by atoms with Crippen molar-refractivity contribution < 1.29 is 4.79 Å². The first-order valence-corrected chi connectivity index (χ1v) is 7.15. The fourth-order valence-corrected chi connectivity index (χ4v) is 2.62. The summed E-state index contributed by atoms with van der Waals surface area (Å²) in [7, 11) is 0. The van der Waals surface area contributed by atoms with E-state index < -0.39 is 0 Å². The lowest BCUT2D eigenvalue weighted by atomic mass is 10.1. The molecule has 0 radical (unpaired) electrons. The Morgan fingerprint density at radius 1 is 1.40 bits per heavy atom. The van der Waals surface area contributed by atoms with Crippen LogP contribution in [0.2, 0.25) is 5.02 Å². The van der Waals surface area contributed by atoms with E-state index in [0.717, 1.165) is 30.4 Å². The lowest BCUT2D eigenvalue weighted by molar-refractivity contribution is 0.0943. The van der Waals surface area contributed by atoms with Crippen molar-refractivity contribution in [1.82, 2.24) is 15.6 Å². The molecule has 2 N–H and O–H groups in total. The molecular formula is C15H16ClN3O. The first kappa shape index (κ1) is 13.3. The molecule has 1 amide bonds. The summed E-state index contributed by atoms with van der Waals surface area (Å²) in [6.07, 6.45) is 1.12. The molecule has 0 aliphatic carbocycles. The highest BCUT2D eigenvalue weighted by atomic mass is 35.5. The summed E-state index contributed by atoms with van der Waals surface area (Å²) < 4.78 is 0. The predicted octanol–water partition coefficient (Wildman–Crippen LogP) is 2.23. The lowest BCUT2D eigenvalue weighted by Crippen LogP contribution is -2.30. The molecule has 5 heteroatoms. The van der Waals surface area contributed by atoms with Crippen molar-refractivity contribution in [3.8, 4) is 0 Å². The van der Waals surface area contributed by atoms with Crippen molar-refractivity contribution in [1.29, 1.82) is 0 Å². The van der Waals surface area contributed by atoms with Gasteiger partial charge in [-0.05, 0) is 49.7 Å². The number of rotatable bonds is 3. The highest BCUT2D eigenvalue weighted by Gasteiger charge is 2.16. The normalized spacial score (nSPS) is 18.4. The third-order valence-corrected chi connectivity index (χ3v) is 3.83. The van der Waals surface area contributed by atoms with Gasteiger partial charge in [-0.15, -0.1) is 0 Å². The van der Waals surface area contributed by atoms with Crippen LogP contribution in [0.3, 0.4) is 0 Å². The van der Waals surface area contributed by atoms with Gasteiger partial charge in [0.05, 0.1) is 5.52 Å². The van der Waals surface area contributed by atoms with E-state index >= 15 is 0 Å². The fourth-order valence-electron chi connectivity index (χ4n) is 2.44. The molecule has 1 unspecified atom stereocenters. The van der Waals surface area contributed by atoms with Crippen molar-refractivity contribution in [2.75, 3.05) is 19.6 Å². The molecule has 3 rings (SSSR count). The standard InChI is InChI=1S/C15H16ClN3O/c16-12-2-4-13-11(7-12)1-3-14(19-13)15(20)18-9-10-5-6-17-8-10/h1-4,7,10,17H,5-6,8-9H2,(H,18,20). The molecule has 104 valence electrons. The zero-order chi connectivity index (χ0) is 13.9. The Kier molecular flexibility index (Phi) is 3.85. The summed E-state index contributed by atoms with van der Waals surface area (Å²) in [4.78, 5) is 16.5. The number of nitrogens with one attached hydrogen (secondary N) is 2. The number of nitrogens with zero attached hydrogens (tertiary/aromatic N) is 1. The molecule has 0 bridgehead atoms. The van der Waals surface area contributed by atoms with Gasteiger partial charge in [-0.2, -0.15) is 0 Å². The van der Waals surface area contributed by atoms with Gasteiger partial charge in [0.25, 0.3) is 5.91 Å². The maximum atomic E-state index is 12.1. The molecule has 1 fully saturated rings. The van der Waals surface area contributed by atoms with E-state index in [1.807, 2.05) is 18.2 Å². The van der Waals surface area contributed by atoms with Crippen LogP contribution < -0.4 is 10.6 Å². The number of pyridine rings is 1. The van der Waals surface area contributed by atoms with Crippen molar-refractivity contribution in [3.63, 3.8) is 0 Å². The van der Waals surface area contributed by atoms with Crippen LogP contribution in [0.4, 0.5) is 0 Å². The monoisotopic (exact) mass is 289 g/mol. The van der Waals surface area contributed by atoms with Gasteiger partial charge in [0.15, 0.2) is 0 Å². The summed E-state index contributed by atoms with van der Waals surface area (Å²) in [5, 5.41) is 7.85. The Hall–Kier alpha value is -1.65. The van der Waals surface area contributed by atoms with Crippen LogP contribution in [0, 0.1) is 5.92 Å². The fraction of sp³-hybridized carbons (Fsp3) is 0.333. The van der Waals surface area contributed by atoms with E-state index in [1.165, 1.54) is 0 Å². The number of fused-ring (bicyclic) bond motifs is 1. The third kappa shape index (κ3) is 2.92. The minimum absolute atomic E-state index is 0.117. The molecule has 1 aromatic carbocycles. The minimum atomic E-state index is -0.117. The highest BCUT2D eigenvalue weighted by molar-refractivity contribution is 6.31. The van der Waals surface area contributed by atoms with Crippen molar-refractivity contribution >= 4 is 28.4 Å². The number of aromatic nitrogens is 1. The van der Waals surface area contributed by atoms with Gasteiger partial charge in [0.2, 0.25) is 0 Å². The second-order valence-electron chi connectivity index (χ2n) is 5.10. The minimum Gasteiger partial charge on any atom is -0.350 e. The lowest BCUT2D eigenvalue weighted by Gasteiger charge is -2.10. The number of hydrogen-bond donors (Lipinski definition) is 2. The van der Waals surface area contributed by atoms with Gasteiger partial charge in [-0.25, -0.2) is 4.98 Å². The SMILES string of the molecule is O=C(NCC1CCNC1)c1ccc2cc(Cl)ccc2n1. The van der Waals surface area contributed by atoms with Crippen molar-refractivity contribution in [2.45, 2.75) is 6.42 Å². The topological polar surface area (TPSA) is 54.0 Å². The van der Waals surface area contributed by atoms with Crippen LogP contribution in [0.5, 0.6) is 0 Å². The summed E-state index contributed by atoms with van der Waals surface area (Å²) >= 11 is 5.93. The number of carbonyl (C=O) groups is 1. The average molecular weight is 290 g/mol. The molecule has 1 saturated heterocycles. The van der Waals surface area contributed by atoms with Crippen molar-refractivity contribution in [2.24, 2.45) is 5.92 Å². The van der Waals surface area contributed by atoms with E-state index in [4.69, 9.17) is 11.6 Å². The number of amides is 1. The van der Waals surface area contributed by atoms with Crippen LogP contribution in [0.15, 0.2) is 30.3 Å². The third-order valence-electron chi connectivity index (χ3n) is 3.60. The Morgan fingerprint density at radius 3 is 3.10 bits per heavy atom. The van der Waals surface area contributed by atoms with Gasteiger partial charge in [0, 0.05) is 17.0 Å². The molecular weight excluding hydrogens is 274 g/mol. The molecule has 1 aromatic heterocycles. The number of benzene rings is 1. The Labute approximate surface area is 122 Å². The molecule has 4 nitrogen and oxygen atoms in total. The van der Waals surface area contributed by atoms with Crippen LogP contribution in [-0.2, 0) is 0 Å². The Bertz CT molecular complexity index is 638. The maximum absolute atomic E-state index is 12.1. The van der Waals surface area contributed by atoms with E-state index in [2.05, 4.69) is 15.6 Å². The second kappa shape index (κ2) is 5.77. The van der Waals surface area contributed by atoms with Crippen LogP contribution in [0.25, 0.3) is 10.9 Å². The first-order chi connectivity index (χ1) is 9.72. The Morgan fingerprint density at radius 2 is 2.30 bits per heavy atom. The molecule has 2 heterocycles. The number of hydrogen-bond acceptors (Lipinski definition) is 3. The second-order valence-corrected chi connectivity index (χ2v) is 5.54. The van der Waals surface area contributed by atoms with Gasteiger partial charge in [-0.3, -0.25) is 4.79 Å². The zero-order valence-corrected chi connectivity index (χ0v) is 11.8. The smallest absolute Gasteiger partial charge is 0.269 e. The van der Waals surface area contributed by atoms with Crippen LogP contribution in [0.1, 0.15) is 16.9 Å².